The van der Waals surface area contributed by atoms with Crippen LogP contribution in [0.3, 0.4) is 0 Å². The second-order valence-corrected chi connectivity index (χ2v) is 5.61. The van der Waals surface area contributed by atoms with Gasteiger partial charge in [-0.3, -0.25) is 10.1 Å². The van der Waals surface area contributed by atoms with Crippen LogP contribution in [0.4, 0.5) is 11.4 Å². The number of nitro groups is 1. The van der Waals surface area contributed by atoms with Crippen LogP contribution in [-0.2, 0) is 0 Å². The highest BCUT2D eigenvalue weighted by Crippen LogP contribution is 2.23. The Morgan fingerprint density at radius 3 is 2.04 bits per heavy atom. The molecule has 0 aliphatic heterocycles. The van der Waals surface area contributed by atoms with Crippen molar-refractivity contribution in [2.24, 2.45) is 0 Å². The minimum Gasteiger partial charge on any atom is -0.375 e. The summed E-state index contributed by atoms with van der Waals surface area (Å²) in [5, 5.41) is 14.2. The summed E-state index contributed by atoms with van der Waals surface area (Å²) in [7, 11) is 0. The van der Waals surface area contributed by atoms with Gasteiger partial charge in [-0.05, 0) is 23.3 Å². The van der Waals surface area contributed by atoms with E-state index in [1.807, 2.05) is 48.5 Å². The second kappa shape index (κ2) is 7.93. The highest BCUT2D eigenvalue weighted by molar-refractivity contribution is 5.55. The SMILES string of the molecule is O=[N+]([O-])c1ccc(NC(C=Cc2ccccc2)c2ccccc2)cc1. The van der Waals surface area contributed by atoms with E-state index in [2.05, 4.69) is 29.6 Å². The summed E-state index contributed by atoms with van der Waals surface area (Å²) in [6, 6.07) is 26.6. The topological polar surface area (TPSA) is 55.2 Å². The first kappa shape index (κ1) is 16.5. The van der Waals surface area contributed by atoms with Crippen LogP contribution in [0.2, 0.25) is 0 Å². The molecule has 0 saturated heterocycles. The summed E-state index contributed by atoms with van der Waals surface area (Å²) in [6.07, 6.45) is 4.15. The Morgan fingerprint density at radius 1 is 0.840 bits per heavy atom. The lowest BCUT2D eigenvalue weighted by molar-refractivity contribution is -0.384. The third-order valence-corrected chi connectivity index (χ3v) is 3.84. The number of hydrogen-bond acceptors (Lipinski definition) is 3. The van der Waals surface area contributed by atoms with Gasteiger partial charge in [-0.25, -0.2) is 0 Å². The number of nitro benzene ring substituents is 1. The molecule has 1 unspecified atom stereocenters. The zero-order chi connectivity index (χ0) is 17.5. The van der Waals surface area contributed by atoms with Gasteiger partial charge < -0.3 is 5.32 Å². The lowest BCUT2D eigenvalue weighted by Crippen LogP contribution is -2.08. The Kier molecular flexibility index (Phi) is 5.22. The van der Waals surface area contributed by atoms with Crippen molar-refractivity contribution >= 4 is 17.5 Å². The van der Waals surface area contributed by atoms with E-state index in [-0.39, 0.29) is 11.7 Å². The monoisotopic (exact) mass is 330 g/mol. The largest absolute Gasteiger partial charge is 0.375 e. The van der Waals surface area contributed by atoms with Crippen molar-refractivity contribution < 1.29 is 4.92 Å². The van der Waals surface area contributed by atoms with Crippen molar-refractivity contribution in [1.82, 2.24) is 0 Å². The molecular weight excluding hydrogens is 312 g/mol. The smallest absolute Gasteiger partial charge is 0.269 e. The van der Waals surface area contributed by atoms with E-state index in [4.69, 9.17) is 0 Å². The van der Waals surface area contributed by atoms with E-state index in [1.54, 1.807) is 12.1 Å². The minimum atomic E-state index is -0.395. The number of non-ortho nitro benzene ring substituents is 1. The van der Waals surface area contributed by atoms with Crippen molar-refractivity contribution in [2.75, 3.05) is 5.32 Å². The number of benzene rings is 3. The molecule has 124 valence electrons. The lowest BCUT2D eigenvalue weighted by atomic mass is 10.0. The van der Waals surface area contributed by atoms with Crippen LogP contribution >= 0.6 is 0 Å². The van der Waals surface area contributed by atoms with E-state index < -0.39 is 4.92 Å². The van der Waals surface area contributed by atoms with Gasteiger partial charge in [-0.15, -0.1) is 0 Å². The third kappa shape index (κ3) is 4.54. The fourth-order valence-electron chi connectivity index (χ4n) is 2.53. The zero-order valence-corrected chi connectivity index (χ0v) is 13.6. The molecule has 0 bridgehead atoms. The third-order valence-electron chi connectivity index (χ3n) is 3.84. The Bertz CT molecular complexity index is 844. The molecule has 0 aliphatic carbocycles. The number of rotatable bonds is 6. The molecule has 25 heavy (non-hydrogen) atoms. The average molecular weight is 330 g/mol. The summed E-state index contributed by atoms with van der Waals surface area (Å²) < 4.78 is 0. The molecule has 0 amide bonds. The second-order valence-electron chi connectivity index (χ2n) is 5.61. The first-order valence-electron chi connectivity index (χ1n) is 8.01. The van der Waals surface area contributed by atoms with Gasteiger partial charge in [-0.1, -0.05) is 72.8 Å². The van der Waals surface area contributed by atoms with Gasteiger partial charge in [0.15, 0.2) is 0 Å². The maximum Gasteiger partial charge on any atom is 0.269 e. The average Bonchev–Trinajstić information content (AvgIpc) is 2.67. The van der Waals surface area contributed by atoms with Crippen molar-refractivity contribution in [1.29, 1.82) is 0 Å². The quantitative estimate of drug-likeness (QED) is 0.482. The summed E-state index contributed by atoms with van der Waals surface area (Å²) in [6.45, 7) is 0. The van der Waals surface area contributed by atoms with Crippen molar-refractivity contribution in [2.45, 2.75) is 6.04 Å². The first-order valence-corrected chi connectivity index (χ1v) is 8.01. The molecule has 0 spiro atoms. The molecule has 1 atom stereocenters. The Hall–Kier alpha value is -3.40. The molecule has 1 N–H and O–H groups in total. The van der Waals surface area contributed by atoms with E-state index in [9.17, 15) is 10.1 Å². The van der Waals surface area contributed by atoms with Gasteiger partial charge in [-0.2, -0.15) is 0 Å². The summed E-state index contributed by atoms with van der Waals surface area (Å²) in [5.41, 5.74) is 3.15. The molecule has 4 nitrogen and oxygen atoms in total. The van der Waals surface area contributed by atoms with Gasteiger partial charge in [0.25, 0.3) is 5.69 Å². The Morgan fingerprint density at radius 2 is 1.44 bits per heavy atom. The predicted molar refractivity (Wildman–Crippen MR) is 101 cm³/mol. The molecule has 0 fully saturated rings. The van der Waals surface area contributed by atoms with E-state index in [1.165, 1.54) is 12.1 Å². The van der Waals surface area contributed by atoms with Crippen molar-refractivity contribution in [3.8, 4) is 0 Å². The number of nitrogens with one attached hydrogen (secondary N) is 1. The van der Waals surface area contributed by atoms with Crippen LogP contribution in [0.15, 0.2) is 91.0 Å². The van der Waals surface area contributed by atoms with Crippen LogP contribution in [0.25, 0.3) is 6.08 Å². The fraction of sp³-hybridized carbons (Fsp3) is 0.0476. The maximum atomic E-state index is 10.8. The molecule has 3 rings (SSSR count). The highest BCUT2D eigenvalue weighted by atomic mass is 16.6. The lowest BCUT2D eigenvalue weighted by Gasteiger charge is -2.17. The molecule has 0 aliphatic rings. The standard InChI is InChI=1S/C21H18N2O2/c24-23(25)20-14-12-19(13-15-20)22-21(18-9-5-2-6-10-18)16-11-17-7-3-1-4-8-17/h1-16,21-22H. The van der Waals surface area contributed by atoms with Crippen LogP contribution in [-0.4, -0.2) is 4.92 Å². The number of hydrogen-bond donors (Lipinski definition) is 1. The van der Waals surface area contributed by atoms with E-state index >= 15 is 0 Å². The highest BCUT2D eigenvalue weighted by Gasteiger charge is 2.09. The first-order chi connectivity index (χ1) is 12.2. The minimum absolute atomic E-state index is 0.0390. The van der Waals surface area contributed by atoms with Crippen molar-refractivity contribution in [3.05, 3.63) is 112 Å². The fourth-order valence-corrected chi connectivity index (χ4v) is 2.53. The summed E-state index contributed by atoms with van der Waals surface area (Å²) in [4.78, 5) is 10.4. The molecule has 0 saturated carbocycles. The summed E-state index contributed by atoms with van der Waals surface area (Å²) in [5.74, 6) is 0. The van der Waals surface area contributed by atoms with Gasteiger partial charge in [0.1, 0.15) is 0 Å². The Labute approximate surface area is 146 Å². The maximum absolute atomic E-state index is 10.8. The van der Waals surface area contributed by atoms with Crippen LogP contribution in [0.1, 0.15) is 17.2 Å². The number of anilines is 1. The molecule has 0 heterocycles. The van der Waals surface area contributed by atoms with Gasteiger partial charge >= 0.3 is 0 Å². The van der Waals surface area contributed by atoms with Crippen LogP contribution in [0, 0.1) is 10.1 Å². The van der Waals surface area contributed by atoms with Gasteiger partial charge in [0.05, 0.1) is 11.0 Å². The number of nitrogens with zero attached hydrogens (tertiary/aromatic N) is 1. The van der Waals surface area contributed by atoms with Crippen LogP contribution < -0.4 is 5.32 Å². The van der Waals surface area contributed by atoms with Crippen LogP contribution in [0.5, 0.6) is 0 Å². The normalized spacial score (nSPS) is 12.0. The predicted octanol–water partition coefficient (Wildman–Crippen LogP) is 5.46. The van der Waals surface area contributed by atoms with Gasteiger partial charge in [0.2, 0.25) is 0 Å². The molecule has 4 heteroatoms. The van der Waals surface area contributed by atoms with Crippen molar-refractivity contribution in [3.63, 3.8) is 0 Å². The molecule has 3 aromatic rings. The molecule has 0 aromatic heterocycles. The van der Waals surface area contributed by atoms with Gasteiger partial charge in [0, 0.05) is 17.8 Å². The zero-order valence-electron chi connectivity index (χ0n) is 13.6. The van der Waals surface area contributed by atoms with E-state index in [0.717, 1.165) is 16.8 Å². The molecule has 0 radical (unpaired) electrons. The Balaban J connectivity index is 1.84. The molecule has 3 aromatic carbocycles. The summed E-state index contributed by atoms with van der Waals surface area (Å²) >= 11 is 0. The molecular formula is C21H18N2O2. The van der Waals surface area contributed by atoms with E-state index in [0.29, 0.717) is 0 Å².